The van der Waals surface area contributed by atoms with E-state index < -0.39 is 21.8 Å². The van der Waals surface area contributed by atoms with E-state index in [-0.39, 0.29) is 4.21 Å². The molecule has 1 aromatic heterocycles. The molecule has 4 rings (SSSR count). The molecule has 3 aromatic rings. The lowest BCUT2D eigenvalue weighted by molar-refractivity contribution is -0.117. The number of fused-ring (bicyclic) bond motifs is 1. The summed E-state index contributed by atoms with van der Waals surface area (Å²) in [6.45, 7) is 2.29. The number of carbonyl (C=O) groups is 1. The summed E-state index contributed by atoms with van der Waals surface area (Å²) in [4.78, 5) is 13.5. The lowest BCUT2D eigenvalue weighted by Gasteiger charge is -2.18. The number of rotatable bonds is 6. The number of thiophene rings is 1. The van der Waals surface area contributed by atoms with Crippen LogP contribution >= 0.6 is 11.3 Å². The Balaban J connectivity index is 1.93. The monoisotopic (exact) mass is 429 g/mol. The Morgan fingerprint density at radius 3 is 2.55 bits per heavy atom. The Hall–Kier alpha value is -2.84. The molecule has 1 aliphatic rings. The molecule has 0 spiro atoms. The summed E-state index contributed by atoms with van der Waals surface area (Å²) in [5.74, 6) is -0.241. The van der Waals surface area contributed by atoms with Crippen molar-refractivity contribution < 1.29 is 22.7 Å². The van der Waals surface area contributed by atoms with Crippen molar-refractivity contribution in [3.63, 3.8) is 0 Å². The molecule has 8 heteroatoms. The van der Waals surface area contributed by atoms with E-state index in [0.717, 1.165) is 15.6 Å². The van der Waals surface area contributed by atoms with Gasteiger partial charge in [0.25, 0.3) is 15.9 Å². The van der Waals surface area contributed by atoms with E-state index in [0.29, 0.717) is 34.9 Å². The number of carbonyl (C=O) groups excluding carboxylic acids is 1. The molecule has 1 unspecified atom stereocenters. The van der Waals surface area contributed by atoms with Crippen molar-refractivity contribution in [2.45, 2.75) is 17.1 Å². The van der Waals surface area contributed by atoms with E-state index in [1.54, 1.807) is 47.8 Å². The zero-order valence-electron chi connectivity index (χ0n) is 15.9. The van der Waals surface area contributed by atoms with E-state index in [1.807, 2.05) is 13.0 Å². The summed E-state index contributed by atoms with van der Waals surface area (Å²) in [6.07, 6.45) is 0. The van der Waals surface area contributed by atoms with Crippen LogP contribution in [0.2, 0.25) is 0 Å². The number of hydrogen-bond acceptors (Lipinski definition) is 6. The fourth-order valence-corrected chi connectivity index (χ4v) is 6.02. The van der Waals surface area contributed by atoms with Crippen molar-refractivity contribution in [2.75, 3.05) is 18.0 Å². The smallest absolute Gasteiger partial charge is 0.280 e. The number of ether oxygens (including phenoxy) is 2. The molecule has 0 bridgehead atoms. The highest BCUT2D eigenvalue weighted by Gasteiger charge is 2.46. The van der Waals surface area contributed by atoms with Gasteiger partial charge in [-0.15, -0.1) is 11.3 Å². The van der Waals surface area contributed by atoms with Crippen molar-refractivity contribution >= 4 is 33.0 Å². The third-order valence-corrected chi connectivity index (χ3v) is 7.82. The third-order valence-electron chi connectivity index (χ3n) is 4.73. The number of hydrogen-bond donors (Lipinski definition) is 0. The Bertz CT molecular complexity index is 1160. The van der Waals surface area contributed by atoms with Gasteiger partial charge in [-0.05, 0) is 48.2 Å². The van der Waals surface area contributed by atoms with Crippen LogP contribution in [0.4, 0.5) is 5.69 Å². The summed E-state index contributed by atoms with van der Waals surface area (Å²) in [6, 6.07) is 15.3. The molecule has 0 saturated carbocycles. The van der Waals surface area contributed by atoms with Crippen LogP contribution in [0.25, 0.3) is 0 Å². The number of anilines is 1. The van der Waals surface area contributed by atoms with E-state index >= 15 is 0 Å². The van der Waals surface area contributed by atoms with Gasteiger partial charge < -0.3 is 9.47 Å². The molecular weight excluding hydrogens is 410 g/mol. The maximum absolute atomic E-state index is 13.5. The van der Waals surface area contributed by atoms with E-state index in [1.165, 1.54) is 13.2 Å². The third kappa shape index (κ3) is 3.18. The molecule has 0 saturated heterocycles. The fourth-order valence-electron chi connectivity index (χ4n) is 3.50. The van der Waals surface area contributed by atoms with Crippen LogP contribution < -0.4 is 13.8 Å². The molecule has 2 aromatic carbocycles. The van der Waals surface area contributed by atoms with Gasteiger partial charge in [-0.25, -0.2) is 4.31 Å². The maximum atomic E-state index is 13.5. The van der Waals surface area contributed by atoms with E-state index in [2.05, 4.69) is 0 Å². The molecule has 29 heavy (non-hydrogen) atoms. The first-order chi connectivity index (χ1) is 14.0. The second kappa shape index (κ2) is 7.53. The number of benzene rings is 2. The number of methoxy groups -OCH3 is 1. The van der Waals surface area contributed by atoms with Crippen molar-refractivity contribution in [2.24, 2.45) is 0 Å². The molecule has 1 aliphatic heterocycles. The zero-order chi connectivity index (χ0) is 20.6. The lowest BCUT2D eigenvalue weighted by atomic mass is 9.91. The first kappa shape index (κ1) is 19.5. The summed E-state index contributed by atoms with van der Waals surface area (Å²) in [5, 5.41) is 1.67. The van der Waals surface area contributed by atoms with Gasteiger partial charge in [0.2, 0.25) is 0 Å². The van der Waals surface area contributed by atoms with E-state index in [4.69, 9.17) is 9.47 Å². The van der Waals surface area contributed by atoms with Crippen LogP contribution in [0.15, 0.2) is 64.2 Å². The summed E-state index contributed by atoms with van der Waals surface area (Å²) < 4.78 is 38.6. The summed E-state index contributed by atoms with van der Waals surface area (Å²) >= 11 is 1.08. The van der Waals surface area contributed by atoms with Gasteiger partial charge in [0, 0.05) is 5.56 Å². The summed E-state index contributed by atoms with van der Waals surface area (Å²) in [7, 11) is -2.49. The van der Waals surface area contributed by atoms with E-state index in [9.17, 15) is 13.2 Å². The van der Waals surface area contributed by atoms with Gasteiger partial charge >= 0.3 is 0 Å². The van der Waals surface area contributed by atoms with Crippen LogP contribution in [-0.2, 0) is 14.8 Å². The number of sulfonamides is 1. The molecule has 1 amide bonds. The highest BCUT2D eigenvalue weighted by atomic mass is 32.2. The predicted octanol–water partition coefficient (Wildman–Crippen LogP) is 4.02. The number of para-hydroxylation sites is 1. The normalized spacial score (nSPS) is 16.0. The quantitative estimate of drug-likeness (QED) is 0.592. The van der Waals surface area contributed by atoms with Crippen LogP contribution in [-0.4, -0.2) is 28.0 Å². The molecule has 0 fully saturated rings. The SMILES string of the molecule is CCOc1ccccc1C1C(=O)N(S(=O)(=O)c2cccs2)c2ccc(OC)cc21. The molecule has 0 aliphatic carbocycles. The topological polar surface area (TPSA) is 72.9 Å². The number of amides is 1. The van der Waals surface area contributed by atoms with Crippen molar-refractivity contribution in [1.82, 2.24) is 0 Å². The molecular formula is C21H19NO5S2. The molecule has 2 heterocycles. The highest BCUT2D eigenvalue weighted by Crippen LogP contribution is 2.47. The standard InChI is InChI=1S/C21H19NO5S2/c1-3-27-18-8-5-4-7-15(18)20-16-13-14(26-2)10-11-17(16)22(21(20)23)29(24,25)19-9-6-12-28-19/h4-13,20H,3H2,1-2H3. The molecule has 6 nitrogen and oxygen atoms in total. The first-order valence-electron chi connectivity index (χ1n) is 9.01. The van der Waals surface area contributed by atoms with Gasteiger partial charge in [-0.1, -0.05) is 24.3 Å². The fraction of sp³-hybridized carbons (Fsp3) is 0.190. The molecule has 0 N–H and O–H groups in total. The molecule has 0 radical (unpaired) electrons. The minimum atomic E-state index is -4.02. The van der Waals surface area contributed by atoms with Gasteiger partial charge in [0.15, 0.2) is 0 Å². The second-order valence-corrected chi connectivity index (χ2v) is 9.33. The molecule has 1 atom stereocenters. The van der Waals surface area contributed by atoms with Gasteiger partial charge in [0.05, 0.1) is 25.3 Å². The largest absolute Gasteiger partial charge is 0.497 e. The van der Waals surface area contributed by atoms with Crippen molar-refractivity contribution in [3.05, 3.63) is 71.1 Å². The average molecular weight is 430 g/mol. The number of nitrogens with zero attached hydrogens (tertiary/aromatic N) is 1. The van der Waals surface area contributed by atoms with Gasteiger partial charge in [0.1, 0.15) is 15.7 Å². The first-order valence-corrected chi connectivity index (χ1v) is 11.3. The van der Waals surface area contributed by atoms with Crippen LogP contribution in [0.5, 0.6) is 11.5 Å². The zero-order valence-corrected chi connectivity index (χ0v) is 17.5. The minimum Gasteiger partial charge on any atom is -0.497 e. The van der Waals surface area contributed by atoms with Crippen molar-refractivity contribution in [1.29, 1.82) is 0 Å². The Labute approximate surface area is 173 Å². The Morgan fingerprint density at radius 1 is 1.07 bits per heavy atom. The van der Waals surface area contributed by atoms with Gasteiger partial charge in [-0.2, -0.15) is 8.42 Å². The van der Waals surface area contributed by atoms with Gasteiger partial charge in [-0.3, -0.25) is 4.79 Å². The van der Waals surface area contributed by atoms with Crippen LogP contribution in [0.1, 0.15) is 24.0 Å². The average Bonchev–Trinajstić information content (AvgIpc) is 3.35. The van der Waals surface area contributed by atoms with Crippen LogP contribution in [0.3, 0.4) is 0 Å². The lowest BCUT2D eigenvalue weighted by Crippen LogP contribution is -2.35. The Kier molecular flexibility index (Phi) is 5.06. The highest BCUT2D eigenvalue weighted by molar-refractivity contribution is 7.95. The van der Waals surface area contributed by atoms with Crippen molar-refractivity contribution in [3.8, 4) is 11.5 Å². The molecule has 150 valence electrons. The van der Waals surface area contributed by atoms with Crippen LogP contribution in [0, 0.1) is 0 Å². The predicted molar refractivity (Wildman–Crippen MR) is 111 cm³/mol. The maximum Gasteiger partial charge on any atom is 0.280 e. The minimum absolute atomic E-state index is 0.117. The Morgan fingerprint density at radius 2 is 1.86 bits per heavy atom. The second-order valence-electron chi connectivity index (χ2n) is 6.37. The summed E-state index contributed by atoms with van der Waals surface area (Å²) in [5.41, 5.74) is 1.53.